The van der Waals surface area contributed by atoms with Crippen molar-refractivity contribution in [3.63, 3.8) is 0 Å². The first-order valence-electron chi connectivity index (χ1n) is 13.7. The number of nitrogens with one attached hydrogen (secondary N) is 2. The Bertz CT molecular complexity index is 1290. The number of likely N-dealkylation sites (tertiary alicyclic amines) is 1. The van der Waals surface area contributed by atoms with Gasteiger partial charge in [-0.05, 0) is 80.1 Å². The number of rotatable bonds is 7. The third-order valence-electron chi connectivity index (χ3n) is 8.46. The number of Topliss-reactive ketones (excluding diaryl/α,β-unsaturated/α-hetero) is 1. The number of hydrogen-bond donors (Lipinski definition) is 2. The Kier molecular flexibility index (Phi) is 7.83. The minimum absolute atomic E-state index is 0.0926. The van der Waals surface area contributed by atoms with Crippen LogP contribution in [-0.2, 0) is 15.0 Å². The van der Waals surface area contributed by atoms with Gasteiger partial charge < -0.3 is 15.5 Å². The molecule has 4 atom stereocenters. The quantitative estimate of drug-likeness (QED) is 0.396. The molecule has 3 aliphatic heterocycles. The summed E-state index contributed by atoms with van der Waals surface area (Å²) in [6.45, 7) is 9.01. The summed E-state index contributed by atoms with van der Waals surface area (Å²) >= 11 is 12.3. The fourth-order valence-electron chi connectivity index (χ4n) is 6.85. The molecule has 3 heterocycles. The molecule has 2 aromatic carbocycles. The number of anilines is 1. The van der Waals surface area contributed by atoms with E-state index in [-0.39, 0.29) is 33.2 Å². The van der Waals surface area contributed by atoms with Gasteiger partial charge in [0.1, 0.15) is 22.8 Å². The zero-order valence-electron chi connectivity index (χ0n) is 22.6. The van der Waals surface area contributed by atoms with E-state index in [0.717, 1.165) is 19.6 Å². The van der Waals surface area contributed by atoms with Crippen molar-refractivity contribution in [3.05, 3.63) is 63.1 Å². The lowest BCUT2D eigenvalue weighted by atomic mass is 9.62. The van der Waals surface area contributed by atoms with Gasteiger partial charge in [0, 0.05) is 24.1 Å². The Balaban J connectivity index is 1.64. The molecule has 2 fully saturated rings. The molecule has 9 heteroatoms. The van der Waals surface area contributed by atoms with Crippen LogP contribution < -0.4 is 10.6 Å². The number of carbonyl (C=O) groups excluding carboxylic acids is 2. The monoisotopic (exact) mass is 577 g/mol. The Morgan fingerprint density at radius 3 is 2.54 bits per heavy atom. The summed E-state index contributed by atoms with van der Waals surface area (Å²) in [6, 6.07) is 5.87. The van der Waals surface area contributed by atoms with Crippen molar-refractivity contribution >= 4 is 40.6 Å². The third-order valence-corrected chi connectivity index (χ3v) is 9.04. The van der Waals surface area contributed by atoms with Crippen LogP contribution in [0.5, 0.6) is 0 Å². The molecule has 5 rings (SSSR count). The molecule has 0 unspecified atom stereocenters. The summed E-state index contributed by atoms with van der Waals surface area (Å²) in [5, 5.41) is 6.14. The van der Waals surface area contributed by atoms with E-state index in [1.54, 1.807) is 12.1 Å². The van der Waals surface area contributed by atoms with Crippen LogP contribution in [-0.4, -0.2) is 48.3 Å². The first-order valence-corrected chi connectivity index (χ1v) is 14.4. The van der Waals surface area contributed by atoms with Crippen molar-refractivity contribution in [1.29, 1.82) is 0 Å². The number of benzene rings is 2. The molecule has 210 valence electrons. The molecular weight excluding hydrogens is 543 g/mol. The highest BCUT2D eigenvalue weighted by Gasteiger charge is 2.66. The molecule has 5 nitrogen and oxygen atoms in total. The number of carbonyl (C=O) groups is 2. The smallest absolute Gasteiger partial charge is 0.237 e. The van der Waals surface area contributed by atoms with E-state index in [1.807, 2.05) is 20.8 Å². The molecule has 1 spiro atoms. The molecule has 0 radical (unpaired) electrons. The van der Waals surface area contributed by atoms with Crippen molar-refractivity contribution in [3.8, 4) is 0 Å². The number of fused-ring (bicyclic) bond motifs is 2. The molecule has 0 saturated carbocycles. The van der Waals surface area contributed by atoms with Crippen LogP contribution in [0.4, 0.5) is 14.5 Å². The van der Waals surface area contributed by atoms with E-state index in [4.69, 9.17) is 23.2 Å². The van der Waals surface area contributed by atoms with Gasteiger partial charge in [-0.3, -0.25) is 9.59 Å². The lowest BCUT2D eigenvalue weighted by Gasteiger charge is -2.37. The van der Waals surface area contributed by atoms with E-state index in [9.17, 15) is 14.0 Å². The van der Waals surface area contributed by atoms with Crippen molar-refractivity contribution < 1.29 is 18.4 Å². The Labute approximate surface area is 238 Å². The highest BCUT2D eigenvalue weighted by atomic mass is 35.5. The molecule has 2 saturated heterocycles. The summed E-state index contributed by atoms with van der Waals surface area (Å²) in [5.74, 6) is -2.79. The maximum atomic E-state index is 15.8. The fraction of sp³-hybridized carbons (Fsp3) is 0.533. The first-order chi connectivity index (χ1) is 18.4. The maximum Gasteiger partial charge on any atom is 0.237 e. The van der Waals surface area contributed by atoms with E-state index < -0.39 is 41.0 Å². The number of ketones is 1. The zero-order chi connectivity index (χ0) is 28.1. The number of amides is 1. The predicted octanol–water partition coefficient (Wildman–Crippen LogP) is 6.47. The largest absolute Gasteiger partial charge is 0.325 e. The molecule has 0 aromatic heterocycles. The van der Waals surface area contributed by atoms with Gasteiger partial charge in [0.15, 0.2) is 0 Å². The summed E-state index contributed by atoms with van der Waals surface area (Å²) in [6.07, 6.45) is 3.78. The van der Waals surface area contributed by atoms with Gasteiger partial charge in [-0.2, -0.15) is 0 Å². The van der Waals surface area contributed by atoms with Crippen molar-refractivity contribution in [2.45, 2.75) is 76.3 Å². The minimum Gasteiger partial charge on any atom is -0.325 e. The average Bonchev–Trinajstić information content (AvgIpc) is 3.55. The summed E-state index contributed by atoms with van der Waals surface area (Å²) in [7, 11) is 0. The second-order valence-electron chi connectivity index (χ2n) is 12.3. The van der Waals surface area contributed by atoms with Gasteiger partial charge in [0.05, 0.1) is 16.1 Å². The van der Waals surface area contributed by atoms with Crippen LogP contribution >= 0.6 is 23.2 Å². The van der Waals surface area contributed by atoms with Gasteiger partial charge in [0.25, 0.3) is 0 Å². The first kappa shape index (κ1) is 28.5. The minimum atomic E-state index is -1.45. The highest BCUT2D eigenvalue weighted by molar-refractivity contribution is 6.31. The number of halogens is 4. The standard InChI is InChI=1S/C30H35Cl2F2N3O2/c1-29(2,3)16-24-30(18-14-21(33)20(32)15-22(18)35-28(30)39)25(17-8-6-9-19(31)26(17)34)27(36-24)23(38)10-7-13-37-11-4-5-12-37/h6,8-9,14-15,24-25,27,36H,4-5,7,10-13,16H2,1-3H3,(H,35,39)/t24-,25+,27+,30+/m1/s1. The lowest BCUT2D eigenvalue weighted by Crippen LogP contribution is -2.49. The molecule has 39 heavy (non-hydrogen) atoms. The molecule has 3 aliphatic rings. The summed E-state index contributed by atoms with van der Waals surface area (Å²) in [4.78, 5) is 30.4. The van der Waals surface area contributed by atoms with E-state index >= 15 is 4.39 Å². The van der Waals surface area contributed by atoms with Crippen LogP contribution in [0, 0.1) is 17.0 Å². The van der Waals surface area contributed by atoms with Gasteiger partial charge in [-0.15, -0.1) is 0 Å². The van der Waals surface area contributed by atoms with Crippen molar-refractivity contribution in [1.82, 2.24) is 10.2 Å². The van der Waals surface area contributed by atoms with Gasteiger partial charge in [-0.1, -0.05) is 56.1 Å². The third kappa shape index (κ3) is 5.12. The van der Waals surface area contributed by atoms with E-state index in [2.05, 4.69) is 15.5 Å². The van der Waals surface area contributed by atoms with Gasteiger partial charge >= 0.3 is 0 Å². The summed E-state index contributed by atoms with van der Waals surface area (Å²) < 4.78 is 30.8. The molecular formula is C30H35Cl2F2N3O2. The molecule has 0 bridgehead atoms. The van der Waals surface area contributed by atoms with Crippen molar-refractivity contribution in [2.75, 3.05) is 25.0 Å². The summed E-state index contributed by atoms with van der Waals surface area (Å²) in [5.41, 5.74) is -0.782. The lowest BCUT2D eigenvalue weighted by molar-refractivity contribution is -0.122. The van der Waals surface area contributed by atoms with Crippen LogP contribution in [0.2, 0.25) is 10.0 Å². The molecule has 1 amide bonds. The number of nitrogens with zero attached hydrogens (tertiary/aromatic N) is 1. The second kappa shape index (κ2) is 10.7. The molecule has 0 aliphatic carbocycles. The Hall–Kier alpha value is -2.06. The van der Waals surface area contributed by atoms with E-state index in [1.165, 1.54) is 31.0 Å². The molecule has 2 N–H and O–H groups in total. The average molecular weight is 579 g/mol. The van der Waals surface area contributed by atoms with Gasteiger partial charge in [0.2, 0.25) is 5.91 Å². The number of hydrogen-bond acceptors (Lipinski definition) is 4. The van der Waals surface area contributed by atoms with Gasteiger partial charge in [-0.25, -0.2) is 8.78 Å². The SMILES string of the molecule is CC(C)(C)C[C@H]1N[C@@H](C(=O)CCCN2CCCC2)[C@H](c2cccc(Cl)c2F)[C@@]12C(=O)Nc1cc(Cl)c(F)cc12. The maximum absolute atomic E-state index is 15.8. The zero-order valence-corrected chi connectivity index (χ0v) is 24.1. The van der Waals surface area contributed by atoms with Crippen LogP contribution in [0.3, 0.4) is 0 Å². The highest BCUT2D eigenvalue weighted by Crippen LogP contribution is 2.57. The van der Waals surface area contributed by atoms with Crippen LogP contribution in [0.25, 0.3) is 0 Å². The van der Waals surface area contributed by atoms with Crippen molar-refractivity contribution in [2.24, 2.45) is 5.41 Å². The second-order valence-corrected chi connectivity index (χ2v) is 13.2. The van der Waals surface area contributed by atoms with E-state index in [0.29, 0.717) is 24.1 Å². The fourth-order valence-corrected chi connectivity index (χ4v) is 7.20. The van der Waals surface area contributed by atoms with Crippen LogP contribution in [0.1, 0.15) is 69.9 Å². The van der Waals surface area contributed by atoms with Crippen LogP contribution in [0.15, 0.2) is 30.3 Å². The Morgan fingerprint density at radius 1 is 1.13 bits per heavy atom. The molecule has 2 aromatic rings. The predicted molar refractivity (Wildman–Crippen MR) is 151 cm³/mol. The Morgan fingerprint density at radius 2 is 1.85 bits per heavy atom. The topological polar surface area (TPSA) is 61.4 Å². The normalized spacial score (nSPS) is 26.8.